The van der Waals surface area contributed by atoms with Gasteiger partial charge in [-0.1, -0.05) is 17.7 Å². The van der Waals surface area contributed by atoms with E-state index < -0.39 is 16.1 Å². The zero-order valence-electron chi connectivity index (χ0n) is 15.1. The smallest absolute Gasteiger partial charge is 0.240 e. The molecule has 2 aromatic rings. The Balaban J connectivity index is 1.70. The summed E-state index contributed by atoms with van der Waals surface area (Å²) in [6.45, 7) is 3.62. The van der Waals surface area contributed by atoms with Crippen LogP contribution >= 0.6 is 0 Å². The molecule has 0 bridgehead atoms. The number of hydrogen-bond donors (Lipinski definition) is 2. The maximum atomic E-state index is 12.6. The lowest BCUT2D eigenvalue weighted by molar-refractivity contribution is -0.117. The molecule has 8 heteroatoms. The quantitative estimate of drug-likeness (QED) is 0.821. The third-order valence-electron chi connectivity index (χ3n) is 4.28. The average Bonchev–Trinajstić information content (AvgIpc) is 2.95. The number of hydrogen-bond acceptors (Lipinski definition) is 4. The minimum atomic E-state index is -3.77. The van der Waals surface area contributed by atoms with Crippen molar-refractivity contribution in [3.8, 4) is 0 Å². The Morgan fingerprint density at radius 1 is 1.07 bits per heavy atom. The summed E-state index contributed by atoms with van der Waals surface area (Å²) in [4.78, 5) is 25.0. The van der Waals surface area contributed by atoms with Crippen molar-refractivity contribution >= 4 is 33.2 Å². The molecule has 0 aromatic heterocycles. The molecule has 1 aliphatic heterocycles. The molecule has 0 radical (unpaired) electrons. The first kappa shape index (κ1) is 19.1. The van der Waals surface area contributed by atoms with Crippen molar-refractivity contribution < 1.29 is 18.0 Å². The van der Waals surface area contributed by atoms with E-state index in [0.29, 0.717) is 5.69 Å². The SMILES string of the molecule is CC(=O)Nc1ccc(S(=O)(=O)N[C@@H]2CC(=O)N(c3ccc(C)cc3)C2)cc1. The maximum Gasteiger partial charge on any atom is 0.240 e. The predicted molar refractivity (Wildman–Crippen MR) is 103 cm³/mol. The van der Waals surface area contributed by atoms with Crippen LogP contribution in [0.2, 0.25) is 0 Å². The summed E-state index contributed by atoms with van der Waals surface area (Å²) in [5.41, 5.74) is 2.36. The highest BCUT2D eigenvalue weighted by Gasteiger charge is 2.33. The summed E-state index contributed by atoms with van der Waals surface area (Å²) in [5, 5.41) is 2.58. The Bertz CT molecular complexity index is 953. The Hall–Kier alpha value is -2.71. The molecule has 2 aromatic carbocycles. The van der Waals surface area contributed by atoms with E-state index >= 15 is 0 Å². The van der Waals surface area contributed by atoms with Crippen LogP contribution in [0.1, 0.15) is 18.9 Å². The molecule has 0 unspecified atom stereocenters. The largest absolute Gasteiger partial charge is 0.326 e. The number of aryl methyl sites for hydroxylation is 1. The molecular formula is C19H21N3O4S. The lowest BCUT2D eigenvalue weighted by Crippen LogP contribution is -2.37. The number of carbonyl (C=O) groups excluding carboxylic acids is 2. The van der Waals surface area contributed by atoms with Gasteiger partial charge in [0.2, 0.25) is 21.8 Å². The molecule has 0 saturated carbocycles. The number of nitrogens with one attached hydrogen (secondary N) is 2. The Morgan fingerprint density at radius 2 is 1.70 bits per heavy atom. The van der Waals surface area contributed by atoms with E-state index in [1.165, 1.54) is 31.2 Å². The van der Waals surface area contributed by atoms with E-state index in [9.17, 15) is 18.0 Å². The zero-order valence-corrected chi connectivity index (χ0v) is 15.9. The van der Waals surface area contributed by atoms with Crippen LogP contribution in [-0.2, 0) is 19.6 Å². The second-order valence-corrected chi connectivity index (χ2v) is 8.28. The van der Waals surface area contributed by atoms with E-state index in [2.05, 4.69) is 10.0 Å². The van der Waals surface area contributed by atoms with Gasteiger partial charge in [-0.2, -0.15) is 0 Å². The normalized spacial score (nSPS) is 17.2. The molecule has 0 spiro atoms. The molecule has 1 saturated heterocycles. The first-order valence-electron chi connectivity index (χ1n) is 8.51. The van der Waals surface area contributed by atoms with E-state index in [-0.39, 0.29) is 29.7 Å². The van der Waals surface area contributed by atoms with Crippen molar-refractivity contribution in [1.82, 2.24) is 4.72 Å². The van der Waals surface area contributed by atoms with Crippen LogP contribution in [0.5, 0.6) is 0 Å². The van der Waals surface area contributed by atoms with Crippen molar-refractivity contribution in [2.45, 2.75) is 31.2 Å². The summed E-state index contributed by atoms with van der Waals surface area (Å²) >= 11 is 0. The van der Waals surface area contributed by atoms with Gasteiger partial charge >= 0.3 is 0 Å². The number of anilines is 2. The van der Waals surface area contributed by atoms with Crippen molar-refractivity contribution in [2.75, 3.05) is 16.8 Å². The Kier molecular flexibility index (Phi) is 5.29. The molecule has 2 amide bonds. The van der Waals surface area contributed by atoms with Crippen LogP contribution in [0.15, 0.2) is 53.4 Å². The first-order valence-corrected chi connectivity index (χ1v) is 10.00. The molecule has 1 aliphatic rings. The van der Waals surface area contributed by atoms with Crippen LogP contribution in [0.4, 0.5) is 11.4 Å². The van der Waals surface area contributed by atoms with Crippen LogP contribution < -0.4 is 14.9 Å². The number of amides is 2. The number of rotatable bonds is 5. The highest BCUT2D eigenvalue weighted by atomic mass is 32.2. The van der Waals surface area contributed by atoms with Gasteiger partial charge in [-0.3, -0.25) is 9.59 Å². The lowest BCUT2D eigenvalue weighted by Gasteiger charge is -2.17. The lowest BCUT2D eigenvalue weighted by atomic mass is 10.2. The molecule has 0 aliphatic carbocycles. The van der Waals surface area contributed by atoms with Gasteiger partial charge in [0.25, 0.3) is 0 Å². The van der Waals surface area contributed by atoms with Crippen molar-refractivity contribution in [3.63, 3.8) is 0 Å². The van der Waals surface area contributed by atoms with Crippen LogP contribution in [0.3, 0.4) is 0 Å². The summed E-state index contributed by atoms with van der Waals surface area (Å²) in [5.74, 6) is -0.350. The second kappa shape index (κ2) is 7.50. The fraction of sp³-hybridized carbons (Fsp3) is 0.263. The monoisotopic (exact) mass is 387 g/mol. The standard InChI is InChI=1S/C19H21N3O4S/c1-13-3-7-17(8-4-13)22-12-16(11-19(22)24)21-27(25,26)18-9-5-15(6-10-18)20-14(2)23/h3-10,16,21H,11-12H2,1-2H3,(H,20,23)/t16-/m1/s1. The van der Waals surface area contributed by atoms with Gasteiger partial charge in [0.15, 0.2) is 0 Å². The van der Waals surface area contributed by atoms with Crippen LogP contribution in [0, 0.1) is 6.92 Å². The third kappa shape index (κ3) is 4.53. The molecule has 3 rings (SSSR count). The highest BCUT2D eigenvalue weighted by molar-refractivity contribution is 7.89. The van der Waals surface area contributed by atoms with E-state index in [1.54, 1.807) is 4.90 Å². The van der Waals surface area contributed by atoms with Crippen molar-refractivity contribution in [1.29, 1.82) is 0 Å². The zero-order chi connectivity index (χ0) is 19.6. The highest BCUT2D eigenvalue weighted by Crippen LogP contribution is 2.23. The maximum absolute atomic E-state index is 12.6. The molecule has 2 N–H and O–H groups in total. The fourth-order valence-corrected chi connectivity index (χ4v) is 4.20. The predicted octanol–water partition coefficient (Wildman–Crippen LogP) is 2.04. The summed E-state index contributed by atoms with van der Waals surface area (Å²) in [6, 6.07) is 12.9. The summed E-state index contributed by atoms with van der Waals surface area (Å²) < 4.78 is 27.8. The van der Waals surface area contributed by atoms with Crippen LogP contribution in [-0.4, -0.2) is 32.8 Å². The summed E-state index contributed by atoms with van der Waals surface area (Å²) in [6.07, 6.45) is 0.108. The first-order chi connectivity index (χ1) is 12.7. The van der Waals surface area contributed by atoms with Crippen molar-refractivity contribution in [2.24, 2.45) is 0 Å². The average molecular weight is 387 g/mol. The fourth-order valence-electron chi connectivity index (χ4n) is 2.97. The van der Waals surface area contributed by atoms with Crippen molar-refractivity contribution in [3.05, 3.63) is 54.1 Å². The minimum absolute atomic E-state index is 0.0813. The third-order valence-corrected chi connectivity index (χ3v) is 5.81. The van der Waals surface area contributed by atoms with E-state index in [0.717, 1.165) is 11.3 Å². The number of benzene rings is 2. The molecule has 1 atom stereocenters. The van der Waals surface area contributed by atoms with E-state index in [1.807, 2.05) is 31.2 Å². The Labute approximate surface area is 158 Å². The molecule has 142 valence electrons. The number of carbonyl (C=O) groups is 2. The van der Waals surface area contributed by atoms with Gasteiger partial charge in [-0.25, -0.2) is 13.1 Å². The van der Waals surface area contributed by atoms with Gasteiger partial charge in [-0.05, 0) is 43.3 Å². The number of nitrogens with zero attached hydrogens (tertiary/aromatic N) is 1. The second-order valence-electron chi connectivity index (χ2n) is 6.57. The van der Waals surface area contributed by atoms with Gasteiger partial charge in [0.05, 0.1) is 4.90 Å². The van der Waals surface area contributed by atoms with Gasteiger partial charge < -0.3 is 10.2 Å². The summed E-state index contributed by atoms with van der Waals surface area (Å²) in [7, 11) is -3.77. The minimum Gasteiger partial charge on any atom is -0.326 e. The van der Waals surface area contributed by atoms with Gasteiger partial charge in [0.1, 0.15) is 0 Å². The number of sulfonamides is 1. The molecular weight excluding hydrogens is 366 g/mol. The topological polar surface area (TPSA) is 95.6 Å². The van der Waals surface area contributed by atoms with Gasteiger partial charge in [0, 0.05) is 37.3 Å². The molecule has 7 nitrogen and oxygen atoms in total. The molecule has 27 heavy (non-hydrogen) atoms. The molecule has 1 fully saturated rings. The van der Waals surface area contributed by atoms with Gasteiger partial charge in [-0.15, -0.1) is 0 Å². The van der Waals surface area contributed by atoms with E-state index in [4.69, 9.17) is 0 Å². The molecule has 1 heterocycles. The Morgan fingerprint density at radius 3 is 2.30 bits per heavy atom. The van der Waals surface area contributed by atoms with Crippen LogP contribution in [0.25, 0.3) is 0 Å².